The van der Waals surface area contributed by atoms with Crippen molar-refractivity contribution >= 4 is 16.6 Å². The van der Waals surface area contributed by atoms with Gasteiger partial charge in [-0.3, -0.25) is 4.98 Å². The largest absolute Gasteiger partial charge is 0.452 e. The van der Waals surface area contributed by atoms with E-state index in [2.05, 4.69) is 9.97 Å². The minimum atomic E-state index is 0.230. The van der Waals surface area contributed by atoms with Gasteiger partial charge in [0.05, 0.1) is 0 Å². The van der Waals surface area contributed by atoms with Gasteiger partial charge in [0.25, 0.3) is 0 Å². The summed E-state index contributed by atoms with van der Waals surface area (Å²) in [5.74, 6) is 0.936. The average molecular weight is 262 g/mol. The molecule has 0 unspecified atom stereocenters. The fourth-order valence-corrected chi connectivity index (χ4v) is 1.93. The Morgan fingerprint density at radius 2 is 1.80 bits per heavy atom. The number of hydrogen-bond acceptors (Lipinski definition) is 5. The maximum absolute atomic E-state index is 9.03. The third-order valence-corrected chi connectivity index (χ3v) is 2.86. The highest BCUT2D eigenvalue weighted by molar-refractivity contribution is 5.94. The van der Waals surface area contributed by atoms with E-state index in [1.807, 2.05) is 18.2 Å². The Labute approximate surface area is 115 Å². The number of nitrogen functional groups attached to an aromatic ring is 1. The third kappa shape index (κ3) is 1.99. The van der Waals surface area contributed by atoms with E-state index in [0.29, 0.717) is 22.7 Å². The number of nitrogens with zero attached hydrogens (tertiary/aromatic N) is 3. The number of nitrogens with two attached hydrogens (primary N) is 1. The van der Waals surface area contributed by atoms with Gasteiger partial charge >= 0.3 is 0 Å². The zero-order chi connectivity index (χ0) is 13.9. The Morgan fingerprint density at radius 3 is 2.65 bits per heavy atom. The van der Waals surface area contributed by atoms with Crippen molar-refractivity contribution < 1.29 is 4.74 Å². The van der Waals surface area contributed by atoms with E-state index < -0.39 is 0 Å². The van der Waals surface area contributed by atoms with Crippen molar-refractivity contribution in [2.24, 2.45) is 0 Å². The van der Waals surface area contributed by atoms with Crippen molar-refractivity contribution in [2.75, 3.05) is 5.73 Å². The Balaban J connectivity index is 2.12. The first-order valence-electron chi connectivity index (χ1n) is 5.96. The van der Waals surface area contributed by atoms with Crippen LogP contribution in [-0.2, 0) is 0 Å². The summed E-state index contributed by atoms with van der Waals surface area (Å²) in [4.78, 5) is 8.25. The van der Waals surface area contributed by atoms with E-state index in [0.717, 1.165) is 5.39 Å². The SMILES string of the molecule is N#Cc1ncccc1Oc1ccc(N)c2cccnc12. The van der Waals surface area contributed by atoms with Gasteiger partial charge in [0, 0.05) is 23.5 Å². The van der Waals surface area contributed by atoms with E-state index in [4.69, 9.17) is 15.7 Å². The maximum atomic E-state index is 9.03. The Kier molecular flexibility index (Phi) is 2.90. The molecule has 0 radical (unpaired) electrons. The summed E-state index contributed by atoms with van der Waals surface area (Å²) >= 11 is 0. The highest BCUT2D eigenvalue weighted by Gasteiger charge is 2.10. The summed E-state index contributed by atoms with van der Waals surface area (Å²) in [5.41, 5.74) is 7.43. The number of rotatable bonds is 2. The molecule has 5 heteroatoms. The molecule has 0 aliphatic carbocycles. The summed E-state index contributed by atoms with van der Waals surface area (Å²) in [6, 6.07) is 12.6. The molecule has 96 valence electrons. The third-order valence-electron chi connectivity index (χ3n) is 2.86. The molecule has 2 N–H and O–H groups in total. The molecule has 0 aliphatic rings. The van der Waals surface area contributed by atoms with Crippen molar-refractivity contribution in [3.05, 3.63) is 54.5 Å². The van der Waals surface area contributed by atoms with Gasteiger partial charge in [-0.2, -0.15) is 5.26 Å². The first-order valence-corrected chi connectivity index (χ1v) is 5.96. The monoisotopic (exact) mass is 262 g/mol. The molecule has 2 heterocycles. The molecule has 1 aromatic carbocycles. The molecule has 3 aromatic rings. The van der Waals surface area contributed by atoms with Gasteiger partial charge in [-0.15, -0.1) is 0 Å². The van der Waals surface area contributed by atoms with E-state index in [-0.39, 0.29) is 5.69 Å². The molecular formula is C15H10N4O. The van der Waals surface area contributed by atoms with Crippen LogP contribution in [-0.4, -0.2) is 9.97 Å². The van der Waals surface area contributed by atoms with Crippen molar-refractivity contribution in [1.82, 2.24) is 9.97 Å². The summed E-state index contributed by atoms with van der Waals surface area (Å²) in [6.45, 7) is 0. The van der Waals surface area contributed by atoms with E-state index in [1.54, 1.807) is 36.7 Å². The summed E-state index contributed by atoms with van der Waals surface area (Å²) < 4.78 is 5.77. The topological polar surface area (TPSA) is 84.8 Å². The average Bonchev–Trinajstić information content (AvgIpc) is 2.51. The fourth-order valence-electron chi connectivity index (χ4n) is 1.93. The molecule has 5 nitrogen and oxygen atoms in total. The first kappa shape index (κ1) is 11.9. The van der Waals surface area contributed by atoms with Crippen LogP contribution < -0.4 is 10.5 Å². The van der Waals surface area contributed by atoms with Crippen LogP contribution in [0.5, 0.6) is 11.5 Å². The minimum absolute atomic E-state index is 0.230. The molecule has 0 amide bonds. The van der Waals surface area contributed by atoms with Crippen LogP contribution in [0.3, 0.4) is 0 Å². The predicted octanol–water partition coefficient (Wildman–Crippen LogP) is 2.88. The molecule has 0 spiro atoms. The number of hydrogen-bond donors (Lipinski definition) is 1. The molecule has 2 aromatic heterocycles. The smallest absolute Gasteiger partial charge is 0.183 e. The lowest BCUT2D eigenvalue weighted by molar-refractivity contribution is 0.483. The number of ether oxygens (including phenoxy) is 1. The van der Waals surface area contributed by atoms with Gasteiger partial charge < -0.3 is 10.5 Å². The van der Waals surface area contributed by atoms with Gasteiger partial charge in [-0.05, 0) is 36.4 Å². The Bertz CT molecular complexity index is 823. The van der Waals surface area contributed by atoms with Gasteiger partial charge in [0.2, 0.25) is 0 Å². The van der Waals surface area contributed by atoms with Gasteiger partial charge in [0.1, 0.15) is 11.6 Å². The maximum Gasteiger partial charge on any atom is 0.183 e. The van der Waals surface area contributed by atoms with Crippen molar-refractivity contribution in [1.29, 1.82) is 5.26 Å². The molecule has 0 atom stereocenters. The molecule has 0 bridgehead atoms. The van der Waals surface area contributed by atoms with E-state index in [9.17, 15) is 0 Å². The van der Waals surface area contributed by atoms with Crippen LogP contribution in [0.15, 0.2) is 48.8 Å². The number of anilines is 1. The quantitative estimate of drug-likeness (QED) is 0.718. The second-order valence-corrected chi connectivity index (χ2v) is 4.12. The molecule has 0 saturated carbocycles. The lowest BCUT2D eigenvalue weighted by Crippen LogP contribution is -1.94. The second kappa shape index (κ2) is 4.86. The summed E-state index contributed by atoms with van der Waals surface area (Å²) in [5, 5.41) is 9.84. The normalized spacial score (nSPS) is 10.2. The molecule has 3 rings (SSSR count). The summed E-state index contributed by atoms with van der Waals surface area (Å²) in [6.07, 6.45) is 3.22. The van der Waals surface area contributed by atoms with Crippen LogP contribution in [0.25, 0.3) is 10.9 Å². The Hall–Kier alpha value is -3.13. The van der Waals surface area contributed by atoms with Crippen LogP contribution >= 0.6 is 0 Å². The molecule has 0 saturated heterocycles. The van der Waals surface area contributed by atoms with E-state index >= 15 is 0 Å². The number of aromatic nitrogens is 2. The van der Waals surface area contributed by atoms with Crippen molar-refractivity contribution in [3.8, 4) is 17.6 Å². The summed E-state index contributed by atoms with van der Waals surface area (Å²) in [7, 11) is 0. The van der Waals surface area contributed by atoms with Crippen LogP contribution in [0, 0.1) is 11.3 Å². The molecular weight excluding hydrogens is 252 g/mol. The van der Waals surface area contributed by atoms with Crippen LogP contribution in [0.1, 0.15) is 5.69 Å². The molecule has 0 aliphatic heterocycles. The van der Waals surface area contributed by atoms with Crippen LogP contribution in [0.2, 0.25) is 0 Å². The van der Waals surface area contributed by atoms with Crippen molar-refractivity contribution in [3.63, 3.8) is 0 Å². The lowest BCUT2D eigenvalue weighted by atomic mass is 10.1. The zero-order valence-corrected chi connectivity index (χ0v) is 10.4. The zero-order valence-electron chi connectivity index (χ0n) is 10.4. The predicted molar refractivity (Wildman–Crippen MR) is 75.2 cm³/mol. The lowest BCUT2D eigenvalue weighted by Gasteiger charge is -2.10. The van der Waals surface area contributed by atoms with Crippen molar-refractivity contribution in [2.45, 2.75) is 0 Å². The number of benzene rings is 1. The van der Waals surface area contributed by atoms with E-state index in [1.165, 1.54) is 0 Å². The van der Waals surface area contributed by atoms with Crippen LogP contribution in [0.4, 0.5) is 5.69 Å². The number of pyridine rings is 2. The number of fused-ring (bicyclic) bond motifs is 1. The minimum Gasteiger partial charge on any atom is -0.452 e. The van der Waals surface area contributed by atoms with Gasteiger partial charge in [0.15, 0.2) is 17.2 Å². The second-order valence-electron chi connectivity index (χ2n) is 4.12. The first-order chi connectivity index (χ1) is 9.79. The van der Waals surface area contributed by atoms with Gasteiger partial charge in [-0.1, -0.05) is 0 Å². The molecule has 20 heavy (non-hydrogen) atoms. The standard InChI is InChI=1S/C15H10N4O/c16-9-12-13(4-2-7-18-12)20-14-6-5-11(17)10-3-1-8-19-15(10)14/h1-8H,17H2. The highest BCUT2D eigenvalue weighted by Crippen LogP contribution is 2.32. The molecule has 0 fully saturated rings. The fraction of sp³-hybridized carbons (Fsp3) is 0. The van der Waals surface area contributed by atoms with Gasteiger partial charge in [-0.25, -0.2) is 4.98 Å². The number of nitriles is 1. The highest BCUT2D eigenvalue weighted by atomic mass is 16.5. The Morgan fingerprint density at radius 1 is 1.00 bits per heavy atom.